The second-order valence-corrected chi connectivity index (χ2v) is 5.12. The van der Waals surface area contributed by atoms with Gasteiger partial charge in [-0.1, -0.05) is 13.3 Å². The van der Waals surface area contributed by atoms with Crippen molar-refractivity contribution in [2.45, 2.75) is 26.2 Å². The fourth-order valence-corrected chi connectivity index (χ4v) is 2.17. The second kappa shape index (κ2) is 4.65. The van der Waals surface area contributed by atoms with E-state index in [0.29, 0.717) is 17.8 Å². The van der Waals surface area contributed by atoms with E-state index in [4.69, 9.17) is 5.26 Å². The Kier molecular flexibility index (Phi) is 3.19. The Balaban J connectivity index is 2.18. The standard InChI is InChI=1S/C13H15N3O2/c1-13(5-2-6-13)9-15-11-7-10(8-14)3-4-12(11)16(17)18/h3-4,7,15H,2,5-6,9H2,1H3. The summed E-state index contributed by atoms with van der Waals surface area (Å²) in [6.45, 7) is 2.88. The molecule has 0 spiro atoms. The molecule has 5 heteroatoms. The SMILES string of the molecule is CC1(CNc2cc(C#N)ccc2[N+](=O)[O-])CCC1. The third kappa shape index (κ3) is 2.43. The monoisotopic (exact) mass is 245 g/mol. The molecular weight excluding hydrogens is 230 g/mol. The molecule has 0 radical (unpaired) electrons. The quantitative estimate of drug-likeness (QED) is 0.653. The minimum absolute atomic E-state index is 0.0249. The average Bonchev–Trinajstić information content (AvgIpc) is 2.33. The Morgan fingerprint density at radius 2 is 2.28 bits per heavy atom. The molecule has 0 aromatic heterocycles. The number of nitro benzene ring substituents is 1. The van der Waals surface area contributed by atoms with Gasteiger partial charge in [0.15, 0.2) is 0 Å². The molecule has 0 unspecified atom stereocenters. The molecule has 18 heavy (non-hydrogen) atoms. The average molecular weight is 245 g/mol. The lowest BCUT2D eigenvalue weighted by atomic mass is 9.70. The van der Waals surface area contributed by atoms with E-state index in [9.17, 15) is 10.1 Å². The van der Waals surface area contributed by atoms with Crippen molar-refractivity contribution in [2.75, 3.05) is 11.9 Å². The molecule has 0 saturated heterocycles. The Morgan fingerprint density at radius 1 is 1.56 bits per heavy atom. The van der Waals surface area contributed by atoms with Crippen LogP contribution in [0.3, 0.4) is 0 Å². The summed E-state index contributed by atoms with van der Waals surface area (Å²) in [5, 5.41) is 22.9. The van der Waals surface area contributed by atoms with Gasteiger partial charge in [0.05, 0.1) is 16.6 Å². The number of anilines is 1. The molecule has 0 bridgehead atoms. The van der Waals surface area contributed by atoms with E-state index in [0.717, 1.165) is 12.8 Å². The van der Waals surface area contributed by atoms with Gasteiger partial charge in [-0.15, -0.1) is 0 Å². The van der Waals surface area contributed by atoms with E-state index in [1.54, 1.807) is 6.07 Å². The van der Waals surface area contributed by atoms with Crippen molar-refractivity contribution in [3.05, 3.63) is 33.9 Å². The molecule has 0 amide bonds. The van der Waals surface area contributed by atoms with Crippen molar-refractivity contribution in [2.24, 2.45) is 5.41 Å². The van der Waals surface area contributed by atoms with Gasteiger partial charge in [0.1, 0.15) is 5.69 Å². The fraction of sp³-hybridized carbons (Fsp3) is 0.462. The van der Waals surface area contributed by atoms with E-state index in [-0.39, 0.29) is 11.1 Å². The maximum absolute atomic E-state index is 10.9. The van der Waals surface area contributed by atoms with Gasteiger partial charge in [-0.25, -0.2) is 0 Å². The van der Waals surface area contributed by atoms with E-state index in [2.05, 4.69) is 12.2 Å². The van der Waals surface area contributed by atoms with Crippen LogP contribution >= 0.6 is 0 Å². The van der Waals surface area contributed by atoms with Crippen LogP contribution in [0.15, 0.2) is 18.2 Å². The first-order valence-corrected chi connectivity index (χ1v) is 5.96. The molecule has 2 rings (SSSR count). The van der Waals surface area contributed by atoms with E-state index >= 15 is 0 Å². The summed E-state index contributed by atoms with van der Waals surface area (Å²) in [5.74, 6) is 0. The molecule has 1 aliphatic rings. The van der Waals surface area contributed by atoms with Gasteiger partial charge in [-0.3, -0.25) is 10.1 Å². The van der Waals surface area contributed by atoms with E-state index < -0.39 is 4.92 Å². The van der Waals surface area contributed by atoms with Crippen LogP contribution in [0.2, 0.25) is 0 Å². The fourth-order valence-electron chi connectivity index (χ4n) is 2.17. The Morgan fingerprint density at radius 3 is 2.78 bits per heavy atom. The highest BCUT2D eigenvalue weighted by molar-refractivity contribution is 5.64. The Bertz CT molecular complexity index is 515. The highest BCUT2D eigenvalue weighted by Gasteiger charge is 2.31. The van der Waals surface area contributed by atoms with Crippen LogP contribution in [-0.4, -0.2) is 11.5 Å². The first-order valence-electron chi connectivity index (χ1n) is 5.96. The summed E-state index contributed by atoms with van der Waals surface area (Å²) in [4.78, 5) is 10.5. The molecule has 1 aromatic rings. The molecule has 1 fully saturated rings. The molecule has 1 saturated carbocycles. The zero-order valence-electron chi connectivity index (χ0n) is 10.3. The highest BCUT2D eigenvalue weighted by atomic mass is 16.6. The summed E-state index contributed by atoms with van der Waals surface area (Å²) >= 11 is 0. The zero-order valence-corrected chi connectivity index (χ0v) is 10.3. The molecule has 0 aliphatic heterocycles. The number of rotatable bonds is 4. The molecule has 1 aliphatic carbocycles. The smallest absolute Gasteiger partial charge is 0.292 e. The van der Waals surface area contributed by atoms with Gasteiger partial charge in [0, 0.05) is 12.6 Å². The molecule has 1 aromatic carbocycles. The third-order valence-corrected chi connectivity index (χ3v) is 3.59. The van der Waals surface area contributed by atoms with Crippen LogP contribution < -0.4 is 5.32 Å². The first kappa shape index (κ1) is 12.4. The summed E-state index contributed by atoms with van der Waals surface area (Å²) in [6.07, 6.45) is 3.51. The molecule has 0 heterocycles. The van der Waals surface area contributed by atoms with Crippen molar-refractivity contribution in [1.82, 2.24) is 0 Å². The van der Waals surface area contributed by atoms with E-state index in [1.807, 2.05) is 6.07 Å². The van der Waals surface area contributed by atoms with Gasteiger partial charge in [0.25, 0.3) is 5.69 Å². The number of nitro groups is 1. The minimum Gasteiger partial charge on any atom is -0.379 e. The van der Waals surface area contributed by atoms with Crippen LogP contribution in [0.25, 0.3) is 0 Å². The van der Waals surface area contributed by atoms with Gasteiger partial charge >= 0.3 is 0 Å². The molecule has 0 atom stereocenters. The van der Waals surface area contributed by atoms with Crippen LogP contribution in [0, 0.1) is 26.9 Å². The molecule has 94 valence electrons. The number of hydrogen-bond acceptors (Lipinski definition) is 4. The van der Waals surface area contributed by atoms with Crippen molar-refractivity contribution >= 4 is 11.4 Å². The molecular formula is C13H15N3O2. The minimum atomic E-state index is -0.424. The predicted molar refractivity (Wildman–Crippen MR) is 68.3 cm³/mol. The van der Waals surface area contributed by atoms with Crippen molar-refractivity contribution < 1.29 is 4.92 Å². The maximum Gasteiger partial charge on any atom is 0.292 e. The second-order valence-electron chi connectivity index (χ2n) is 5.12. The third-order valence-electron chi connectivity index (χ3n) is 3.59. The van der Waals surface area contributed by atoms with Gasteiger partial charge in [-0.05, 0) is 30.4 Å². The lowest BCUT2D eigenvalue weighted by Gasteiger charge is -2.38. The largest absolute Gasteiger partial charge is 0.379 e. The first-order chi connectivity index (χ1) is 8.54. The van der Waals surface area contributed by atoms with Crippen LogP contribution in [0.5, 0.6) is 0 Å². The molecule has 1 N–H and O–H groups in total. The summed E-state index contributed by atoms with van der Waals surface area (Å²) < 4.78 is 0. The lowest BCUT2D eigenvalue weighted by Crippen LogP contribution is -2.33. The zero-order chi connectivity index (χ0) is 13.2. The maximum atomic E-state index is 10.9. The normalized spacial score (nSPS) is 16.4. The highest BCUT2D eigenvalue weighted by Crippen LogP contribution is 2.40. The van der Waals surface area contributed by atoms with Gasteiger partial charge in [0.2, 0.25) is 0 Å². The lowest BCUT2D eigenvalue weighted by molar-refractivity contribution is -0.384. The van der Waals surface area contributed by atoms with Gasteiger partial charge in [-0.2, -0.15) is 5.26 Å². The Hall–Kier alpha value is -2.09. The number of hydrogen-bond donors (Lipinski definition) is 1. The molecule has 5 nitrogen and oxygen atoms in total. The number of nitriles is 1. The van der Waals surface area contributed by atoms with Crippen molar-refractivity contribution in [1.29, 1.82) is 5.26 Å². The topological polar surface area (TPSA) is 79.0 Å². The Labute approximate surface area is 106 Å². The number of nitrogens with one attached hydrogen (secondary N) is 1. The van der Waals surface area contributed by atoms with Crippen molar-refractivity contribution in [3.8, 4) is 6.07 Å². The van der Waals surface area contributed by atoms with Crippen molar-refractivity contribution in [3.63, 3.8) is 0 Å². The van der Waals surface area contributed by atoms with Crippen LogP contribution in [0.4, 0.5) is 11.4 Å². The summed E-state index contributed by atoms with van der Waals surface area (Å²) in [5.41, 5.74) is 1.13. The van der Waals surface area contributed by atoms with Gasteiger partial charge < -0.3 is 5.32 Å². The van der Waals surface area contributed by atoms with E-state index in [1.165, 1.54) is 18.6 Å². The summed E-state index contributed by atoms with van der Waals surface area (Å²) in [6, 6.07) is 6.38. The summed E-state index contributed by atoms with van der Waals surface area (Å²) in [7, 11) is 0. The van der Waals surface area contributed by atoms with Crippen LogP contribution in [0.1, 0.15) is 31.7 Å². The predicted octanol–water partition coefficient (Wildman–Crippen LogP) is 3.07. The number of benzene rings is 1. The number of nitrogens with zero attached hydrogens (tertiary/aromatic N) is 2. The van der Waals surface area contributed by atoms with Crippen LogP contribution in [-0.2, 0) is 0 Å².